The maximum Gasteiger partial charge on any atom is 0.269 e. The number of rotatable bonds is 7. The molecule has 2 aromatic carbocycles. The first-order chi connectivity index (χ1) is 10.6. The maximum atomic E-state index is 10.7. The predicted octanol–water partition coefficient (Wildman–Crippen LogP) is 2.46. The molecule has 0 saturated carbocycles. The Hall–Kier alpha value is -3.09. The van der Waals surface area contributed by atoms with Gasteiger partial charge >= 0.3 is 0 Å². The molecule has 0 bridgehead atoms. The highest BCUT2D eigenvalue weighted by atomic mass is 16.6. The second-order valence-corrected chi connectivity index (χ2v) is 4.38. The number of non-ortho nitro benzene ring substituents is 1. The molecule has 114 valence electrons. The quantitative estimate of drug-likeness (QED) is 0.366. The van der Waals surface area contributed by atoms with Crippen molar-refractivity contribution < 1.29 is 14.5 Å². The van der Waals surface area contributed by atoms with Crippen molar-refractivity contribution in [3.63, 3.8) is 0 Å². The molecule has 0 spiro atoms. The van der Waals surface area contributed by atoms with E-state index in [-0.39, 0.29) is 24.7 Å². The SMILES string of the molecule is N/C(COc1ccccc1)=N\OCc1cccc([N+](=O)[O-])c1. The molecule has 0 unspecified atom stereocenters. The number of oxime groups is 1. The third-order valence-corrected chi connectivity index (χ3v) is 2.66. The molecule has 0 aliphatic rings. The van der Waals surface area contributed by atoms with Gasteiger partial charge in [-0.2, -0.15) is 0 Å². The largest absolute Gasteiger partial charge is 0.486 e. The lowest BCUT2D eigenvalue weighted by atomic mass is 10.2. The zero-order valence-corrected chi connectivity index (χ0v) is 11.7. The Morgan fingerprint density at radius 1 is 1.18 bits per heavy atom. The van der Waals surface area contributed by atoms with Gasteiger partial charge in [0.15, 0.2) is 5.84 Å². The molecule has 7 nitrogen and oxygen atoms in total. The summed E-state index contributed by atoms with van der Waals surface area (Å²) in [5.41, 5.74) is 6.29. The minimum Gasteiger partial charge on any atom is -0.486 e. The second kappa shape index (κ2) is 7.63. The fraction of sp³-hybridized carbons (Fsp3) is 0.133. The lowest BCUT2D eigenvalue weighted by Crippen LogP contribution is -2.21. The Kier molecular flexibility index (Phi) is 5.31. The normalized spacial score (nSPS) is 11.0. The van der Waals surface area contributed by atoms with E-state index in [2.05, 4.69) is 5.16 Å². The van der Waals surface area contributed by atoms with Crippen molar-refractivity contribution in [2.45, 2.75) is 6.61 Å². The molecule has 0 radical (unpaired) electrons. The van der Waals surface area contributed by atoms with Crippen LogP contribution >= 0.6 is 0 Å². The summed E-state index contributed by atoms with van der Waals surface area (Å²) >= 11 is 0. The molecule has 0 amide bonds. The first-order valence-electron chi connectivity index (χ1n) is 6.50. The third-order valence-electron chi connectivity index (χ3n) is 2.66. The van der Waals surface area contributed by atoms with Crippen LogP contribution in [0.4, 0.5) is 5.69 Å². The van der Waals surface area contributed by atoms with Gasteiger partial charge in [0.25, 0.3) is 5.69 Å². The smallest absolute Gasteiger partial charge is 0.269 e. The van der Waals surface area contributed by atoms with Gasteiger partial charge in [-0.1, -0.05) is 35.5 Å². The zero-order chi connectivity index (χ0) is 15.8. The summed E-state index contributed by atoms with van der Waals surface area (Å²) in [5.74, 6) is 0.855. The summed E-state index contributed by atoms with van der Waals surface area (Å²) in [7, 11) is 0. The minimum absolute atomic E-state index is 0.00506. The third kappa shape index (κ3) is 4.78. The first kappa shape index (κ1) is 15.3. The molecule has 0 atom stereocenters. The second-order valence-electron chi connectivity index (χ2n) is 4.38. The molecule has 2 N–H and O–H groups in total. The molecular weight excluding hydrogens is 286 g/mol. The minimum atomic E-state index is -0.463. The first-order valence-corrected chi connectivity index (χ1v) is 6.50. The van der Waals surface area contributed by atoms with Crippen molar-refractivity contribution in [2.75, 3.05) is 6.61 Å². The van der Waals surface area contributed by atoms with Crippen LogP contribution in [0.5, 0.6) is 5.75 Å². The average Bonchev–Trinajstić information content (AvgIpc) is 2.54. The summed E-state index contributed by atoms with van der Waals surface area (Å²) in [6, 6.07) is 15.3. The molecule has 0 saturated heterocycles. The Labute approximate surface area is 127 Å². The molecule has 0 aromatic heterocycles. The number of nitro groups is 1. The van der Waals surface area contributed by atoms with Crippen molar-refractivity contribution >= 4 is 11.5 Å². The Bertz CT molecular complexity index is 659. The highest BCUT2D eigenvalue weighted by Gasteiger charge is 2.05. The fourth-order valence-corrected chi connectivity index (χ4v) is 1.65. The monoisotopic (exact) mass is 301 g/mol. The molecule has 2 rings (SSSR count). The van der Waals surface area contributed by atoms with E-state index in [1.54, 1.807) is 24.3 Å². The number of hydrogen-bond donors (Lipinski definition) is 1. The van der Waals surface area contributed by atoms with Crippen LogP contribution in [-0.2, 0) is 11.4 Å². The van der Waals surface area contributed by atoms with Crippen LogP contribution in [-0.4, -0.2) is 17.4 Å². The summed E-state index contributed by atoms with van der Waals surface area (Å²) in [4.78, 5) is 15.3. The van der Waals surface area contributed by atoms with Gasteiger partial charge in [-0.25, -0.2) is 0 Å². The van der Waals surface area contributed by atoms with Gasteiger partial charge in [-0.3, -0.25) is 10.1 Å². The topological polar surface area (TPSA) is 100.0 Å². The van der Waals surface area contributed by atoms with E-state index >= 15 is 0 Å². The van der Waals surface area contributed by atoms with Crippen LogP contribution in [0.2, 0.25) is 0 Å². The van der Waals surface area contributed by atoms with Gasteiger partial charge in [-0.05, 0) is 17.7 Å². The summed E-state index contributed by atoms with van der Waals surface area (Å²) in [6.07, 6.45) is 0. The molecule has 2 aromatic rings. The number of ether oxygens (including phenoxy) is 1. The van der Waals surface area contributed by atoms with Crippen molar-refractivity contribution in [3.8, 4) is 5.75 Å². The van der Waals surface area contributed by atoms with Crippen LogP contribution in [0.1, 0.15) is 5.56 Å². The van der Waals surface area contributed by atoms with E-state index in [4.69, 9.17) is 15.3 Å². The van der Waals surface area contributed by atoms with Gasteiger partial charge in [0.2, 0.25) is 0 Å². The lowest BCUT2D eigenvalue weighted by Gasteiger charge is -2.05. The lowest BCUT2D eigenvalue weighted by molar-refractivity contribution is -0.384. The van der Waals surface area contributed by atoms with E-state index in [0.717, 1.165) is 0 Å². The van der Waals surface area contributed by atoms with Crippen LogP contribution < -0.4 is 10.5 Å². The predicted molar refractivity (Wildman–Crippen MR) is 81.4 cm³/mol. The number of nitro benzene ring substituents is 1. The van der Waals surface area contributed by atoms with Crippen molar-refractivity contribution in [1.29, 1.82) is 0 Å². The van der Waals surface area contributed by atoms with Crippen molar-refractivity contribution in [2.24, 2.45) is 10.9 Å². The number of nitrogens with zero attached hydrogens (tertiary/aromatic N) is 2. The molecule has 7 heteroatoms. The molecule has 0 heterocycles. The number of para-hydroxylation sites is 1. The molecule has 22 heavy (non-hydrogen) atoms. The molecular formula is C15H15N3O4. The van der Waals surface area contributed by atoms with E-state index in [1.807, 2.05) is 18.2 Å². The van der Waals surface area contributed by atoms with E-state index in [9.17, 15) is 10.1 Å². The molecule has 0 aliphatic carbocycles. The van der Waals surface area contributed by atoms with Crippen LogP contribution in [0.3, 0.4) is 0 Å². The number of benzene rings is 2. The zero-order valence-electron chi connectivity index (χ0n) is 11.7. The highest BCUT2D eigenvalue weighted by Crippen LogP contribution is 2.13. The number of hydrogen-bond acceptors (Lipinski definition) is 5. The fourth-order valence-electron chi connectivity index (χ4n) is 1.65. The van der Waals surface area contributed by atoms with E-state index in [1.165, 1.54) is 12.1 Å². The van der Waals surface area contributed by atoms with Gasteiger partial charge in [0.1, 0.15) is 19.0 Å². The summed E-state index contributed by atoms with van der Waals surface area (Å²) in [5, 5.41) is 14.4. The van der Waals surface area contributed by atoms with Gasteiger partial charge in [0.05, 0.1) is 4.92 Å². The Morgan fingerprint density at radius 2 is 1.95 bits per heavy atom. The number of nitrogens with two attached hydrogens (primary N) is 1. The van der Waals surface area contributed by atoms with Crippen molar-refractivity contribution in [1.82, 2.24) is 0 Å². The van der Waals surface area contributed by atoms with E-state index < -0.39 is 4.92 Å². The van der Waals surface area contributed by atoms with E-state index in [0.29, 0.717) is 11.3 Å². The van der Waals surface area contributed by atoms with Crippen molar-refractivity contribution in [3.05, 3.63) is 70.3 Å². The van der Waals surface area contributed by atoms with Crippen LogP contribution in [0.25, 0.3) is 0 Å². The van der Waals surface area contributed by atoms with Gasteiger partial charge in [-0.15, -0.1) is 0 Å². The van der Waals surface area contributed by atoms with Gasteiger partial charge in [0, 0.05) is 12.1 Å². The Morgan fingerprint density at radius 3 is 2.68 bits per heavy atom. The Balaban J connectivity index is 1.81. The number of amidine groups is 1. The van der Waals surface area contributed by atoms with Gasteiger partial charge < -0.3 is 15.3 Å². The standard InChI is InChI=1S/C15H15N3O4/c16-15(11-21-14-7-2-1-3-8-14)17-22-10-12-5-4-6-13(9-12)18(19)20/h1-9H,10-11H2,(H2,16,17). The molecule has 0 aliphatic heterocycles. The summed E-state index contributed by atoms with van der Waals surface area (Å²) < 4.78 is 5.40. The van der Waals surface area contributed by atoms with Crippen LogP contribution in [0, 0.1) is 10.1 Å². The summed E-state index contributed by atoms with van der Waals surface area (Å²) in [6.45, 7) is 0.187. The average molecular weight is 301 g/mol. The maximum absolute atomic E-state index is 10.7. The molecule has 0 fully saturated rings. The van der Waals surface area contributed by atoms with Crippen LogP contribution in [0.15, 0.2) is 59.8 Å². The highest BCUT2D eigenvalue weighted by molar-refractivity contribution is 5.81.